The Labute approximate surface area is 106 Å². The molecular weight excluding hydrogens is 240 g/mol. The molecule has 6 nitrogen and oxygen atoms in total. The maximum atomic E-state index is 11.3. The van der Waals surface area contributed by atoms with Crippen LogP contribution in [0.3, 0.4) is 0 Å². The zero-order chi connectivity index (χ0) is 14.3. The Hall–Kier alpha value is -1.72. The fourth-order valence-electron chi connectivity index (χ4n) is 1.09. The lowest BCUT2D eigenvalue weighted by Gasteiger charge is -2.24. The number of hydrogen-bond donors (Lipinski definition) is 0. The molecule has 0 rings (SSSR count). The summed E-state index contributed by atoms with van der Waals surface area (Å²) in [5, 5.41) is 0. The van der Waals surface area contributed by atoms with Gasteiger partial charge in [0.1, 0.15) is 36.6 Å². The Bertz CT molecular complexity index is 356. The summed E-state index contributed by atoms with van der Waals surface area (Å²) in [6.45, 7) is 5.49. The Kier molecular flexibility index (Phi) is 6.22. The Balaban J connectivity index is 4.14. The Morgan fingerprint density at radius 1 is 0.889 bits per heavy atom. The molecule has 0 amide bonds. The summed E-state index contributed by atoms with van der Waals surface area (Å²) in [4.78, 5) is 43.7. The molecule has 0 aromatic rings. The molecule has 0 aliphatic carbocycles. The quantitative estimate of drug-likeness (QED) is 0.496. The van der Waals surface area contributed by atoms with E-state index >= 15 is 0 Å². The molecule has 0 heterocycles. The summed E-state index contributed by atoms with van der Waals surface area (Å²) in [6.07, 6.45) is -0.623. The van der Waals surface area contributed by atoms with Gasteiger partial charge in [-0.05, 0) is 27.7 Å². The molecule has 0 atom stereocenters. The first-order chi connectivity index (χ1) is 8.12. The maximum Gasteiger partial charge on any atom is 0.313 e. The molecule has 0 unspecified atom stereocenters. The van der Waals surface area contributed by atoms with Gasteiger partial charge >= 0.3 is 11.9 Å². The van der Waals surface area contributed by atoms with Gasteiger partial charge in [0.05, 0.1) is 0 Å². The van der Waals surface area contributed by atoms with Crippen molar-refractivity contribution in [1.82, 2.24) is 0 Å². The zero-order valence-electron chi connectivity index (χ0n) is 11.1. The number of esters is 2. The van der Waals surface area contributed by atoms with Gasteiger partial charge in [-0.3, -0.25) is 19.2 Å². The summed E-state index contributed by atoms with van der Waals surface area (Å²) < 4.78 is 9.78. The number of ketones is 2. The van der Waals surface area contributed by atoms with Crippen LogP contribution >= 0.6 is 0 Å². The topological polar surface area (TPSA) is 86.7 Å². The number of rotatable bonds is 7. The molecule has 0 fully saturated rings. The van der Waals surface area contributed by atoms with Crippen molar-refractivity contribution in [2.45, 2.75) is 46.1 Å². The number of hydrogen-bond acceptors (Lipinski definition) is 6. The van der Waals surface area contributed by atoms with E-state index in [0.29, 0.717) is 0 Å². The van der Waals surface area contributed by atoms with Crippen molar-refractivity contribution in [1.29, 1.82) is 0 Å². The monoisotopic (exact) mass is 258 g/mol. The highest BCUT2D eigenvalue weighted by Gasteiger charge is 2.25. The molecular formula is C12H18O6. The molecule has 0 radical (unpaired) electrons. The number of carbonyl (C=O) groups is 4. The van der Waals surface area contributed by atoms with Crippen LogP contribution in [0, 0.1) is 0 Å². The van der Waals surface area contributed by atoms with Gasteiger partial charge in [-0.1, -0.05) is 0 Å². The molecule has 0 aliphatic rings. The molecule has 0 aromatic carbocycles. The Morgan fingerprint density at radius 2 is 1.33 bits per heavy atom. The summed E-state index contributed by atoms with van der Waals surface area (Å²) >= 11 is 0. The predicted molar refractivity (Wildman–Crippen MR) is 61.7 cm³/mol. The van der Waals surface area contributed by atoms with Gasteiger partial charge in [0.25, 0.3) is 0 Å². The van der Waals surface area contributed by atoms with Gasteiger partial charge in [-0.15, -0.1) is 0 Å². The van der Waals surface area contributed by atoms with Gasteiger partial charge in [-0.25, -0.2) is 0 Å². The predicted octanol–water partition coefficient (Wildman–Crippen LogP) is 0.810. The smallest absolute Gasteiger partial charge is 0.313 e. The minimum atomic E-state index is -1.03. The van der Waals surface area contributed by atoms with E-state index in [1.165, 1.54) is 13.8 Å². The van der Waals surface area contributed by atoms with Crippen LogP contribution in [-0.2, 0) is 28.7 Å². The average molecular weight is 258 g/mol. The maximum absolute atomic E-state index is 11.3. The first-order valence-corrected chi connectivity index (χ1v) is 5.49. The standard InChI is InChI=1S/C12H18O6/c1-8(13)5-10(15)17-7-12(3,4)18-11(16)6-9(2)14/h5-7H2,1-4H3. The van der Waals surface area contributed by atoms with E-state index in [1.54, 1.807) is 13.8 Å². The molecule has 6 heteroatoms. The third-order valence-electron chi connectivity index (χ3n) is 1.76. The Morgan fingerprint density at radius 3 is 1.78 bits per heavy atom. The van der Waals surface area contributed by atoms with E-state index in [9.17, 15) is 19.2 Å². The van der Waals surface area contributed by atoms with Crippen molar-refractivity contribution in [3.8, 4) is 0 Å². The largest absolute Gasteiger partial charge is 0.461 e. The first-order valence-electron chi connectivity index (χ1n) is 5.49. The van der Waals surface area contributed by atoms with Crippen molar-refractivity contribution in [3.63, 3.8) is 0 Å². The van der Waals surface area contributed by atoms with Gasteiger partial charge in [-0.2, -0.15) is 0 Å². The van der Waals surface area contributed by atoms with Crippen molar-refractivity contribution in [2.75, 3.05) is 6.61 Å². The van der Waals surface area contributed by atoms with Gasteiger partial charge in [0.2, 0.25) is 0 Å². The molecule has 0 bridgehead atoms. The van der Waals surface area contributed by atoms with Crippen LogP contribution in [0.1, 0.15) is 40.5 Å². The summed E-state index contributed by atoms with van der Waals surface area (Å²) in [5.74, 6) is -1.94. The second kappa shape index (κ2) is 6.88. The highest BCUT2D eigenvalue weighted by Crippen LogP contribution is 2.11. The highest BCUT2D eigenvalue weighted by atomic mass is 16.6. The van der Waals surface area contributed by atoms with Gasteiger partial charge in [0, 0.05) is 0 Å². The molecule has 102 valence electrons. The van der Waals surface area contributed by atoms with E-state index in [1.807, 2.05) is 0 Å². The lowest BCUT2D eigenvalue weighted by Crippen LogP contribution is -2.35. The average Bonchev–Trinajstić information content (AvgIpc) is 2.11. The zero-order valence-corrected chi connectivity index (χ0v) is 11.1. The third-order valence-corrected chi connectivity index (χ3v) is 1.76. The van der Waals surface area contributed by atoms with Crippen LogP contribution in [-0.4, -0.2) is 35.7 Å². The van der Waals surface area contributed by atoms with Gasteiger partial charge in [0.15, 0.2) is 0 Å². The number of ether oxygens (including phenoxy) is 2. The van der Waals surface area contributed by atoms with Crippen LogP contribution in [0.25, 0.3) is 0 Å². The first kappa shape index (κ1) is 16.3. The SMILES string of the molecule is CC(=O)CC(=O)OCC(C)(C)OC(=O)CC(C)=O. The van der Waals surface area contributed by atoms with Crippen molar-refractivity contribution in [2.24, 2.45) is 0 Å². The fraction of sp³-hybridized carbons (Fsp3) is 0.667. The summed E-state index contributed by atoms with van der Waals surface area (Å²) in [5.41, 5.74) is -1.03. The summed E-state index contributed by atoms with van der Waals surface area (Å²) in [7, 11) is 0. The minimum Gasteiger partial charge on any atom is -0.461 e. The van der Waals surface area contributed by atoms with E-state index in [0.717, 1.165) is 0 Å². The van der Waals surface area contributed by atoms with Crippen LogP contribution in [0.15, 0.2) is 0 Å². The van der Waals surface area contributed by atoms with Gasteiger partial charge < -0.3 is 9.47 Å². The molecule has 0 saturated heterocycles. The number of carbonyl (C=O) groups excluding carboxylic acids is 4. The lowest BCUT2D eigenvalue weighted by atomic mass is 10.1. The lowest BCUT2D eigenvalue weighted by molar-refractivity contribution is -0.169. The van der Waals surface area contributed by atoms with Crippen LogP contribution in [0.4, 0.5) is 0 Å². The van der Waals surface area contributed by atoms with E-state index in [-0.39, 0.29) is 31.0 Å². The van der Waals surface area contributed by atoms with E-state index in [2.05, 4.69) is 0 Å². The van der Waals surface area contributed by atoms with Crippen LogP contribution in [0.5, 0.6) is 0 Å². The van der Waals surface area contributed by atoms with E-state index in [4.69, 9.17) is 9.47 Å². The number of Topliss-reactive ketones (excluding diaryl/α,β-unsaturated/α-hetero) is 2. The van der Waals surface area contributed by atoms with Crippen molar-refractivity contribution in [3.05, 3.63) is 0 Å². The fourth-order valence-corrected chi connectivity index (χ4v) is 1.09. The normalized spacial score (nSPS) is 10.7. The molecule has 0 aromatic heterocycles. The van der Waals surface area contributed by atoms with Crippen molar-refractivity contribution >= 4 is 23.5 Å². The second-order valence-corrected chi connectivity index (χ2v) is 4.65. The molecule has 18 heavy (non-hydrogen) atoms. The molecule has 0 N–H and O–H groups in total. The minimum absolute atomic E-state index is 0.164. The van der Waals surface area contributed by atoms with Crippen LogP contribution < -0.4 is 0 Å². The molecule has 0 spiro atoms. The summed E-state index contributed by atoms with van der Waals surface area (Å²) in [6, 6.07) is 0. The van der Waals surface area contributed by atoms with Crippen LogP contribution in [0.2, 0.25) is 0 Å². The second-order valence-electron chi connectivity index (χ2n) is 4.65. The molecule has 0 aliphatic heterocycles. The third kappa shape index (κ3) is 8.43. The molecule has 0 saturated carbocycles. The van der Waals surface area contributed by atoms with E-state index < -0.39 is 17.5 Å². The van der Waals surface area contributed by atoms with Crippen molar-refractivity contribution < 1.29 is 28.7 Å². The highest BCUT2D eigenvalue weighted by molar-refractivity contribution is 5.94.